The van der Waals surface area contributed by atoms with Crippen LogP contribution in [0.15, 0.2) is 41.6 Å². The minimum absolute atomic E-state index is 0.144. The number of cyclic esters (lactones) is 1. The van der Waals surface area contributed by atoms with Crippen LogP contribution in [0.4, 0.5) is 4.79 Å². The van der Waals surface area contributed by atoms with Gasteiger partial charge in [-0.25, -0.2) is 9.59 Å². The number of amides is 2. The van der Waals surface area contributed by atoms with Crippen LogP contribution in [-0.2, 0) is 9.53 Å². The summed E-state index contributed by atoms with van der Waals surface area (Å²) in [7, 11) is 0. The lowest BCUT2D eigenvalue weighted by Gasteiger charge is -2.24. The Morgan fingerprint density at radius 1 is 1.16 bits per heavy atom. The highest BCUT2D eigenvalue weighted by atomic mass is 16.5. The van der Waals surface area contributed by atoms with E-state index in [1.807, 2.05) is 44.2 Å². The topological polar surface area (TPSA) is 67.4 Å². The largest absolute Gasteiger partial charge is 0.456 e. The molecule has 0 fully saturated rings. The Bertz CT molecular complexity index is 523. The van der Waals surface area contributed by atoms with Crippen LogP contribution in [0.5, 0.6) is 0 Å². The molecule has 0 spiro atoms. The molecule has 2 heterocycles. The number of carbonyl (C=O) groups is 2. The van der Waals surface area contributed by atoms with E-state index in [1.165, 1.54) is 0 Å². The maximum atomic E-state index is 11.6. The van der Waals surface area contributed by atoms with E-state index in [-0.39, 0.29) is 18.6 Å². The van der Waals surface area contributed by atoms with Gasteiger partial charge in [0.15, 0.2) is 0 Å². The van der Waals surface area contributed by atoms with Crippen molar-refractivity contribution in [3.8, 4) is 0 Å². The molecular formula is C14H16N2O3. The first-order chi connectivity index (χ1) is 9.25. The summed E-state index contributed by atoms with van der Waals surface area (Å²) in [6.07, 6.45) is 0. The smallest absolute Gasteiger partial charge is 0.338 e. The molecule has 0 aromatic heterocycles. The number of urea groups is 1. The fraction of sp³-hybridized carbons (Fsp3) is 0.286. The Hall–Kier alpha value is -2.30. The maximum absolute atomic E-state index is 11.6. The van der Waals surface area contributed by atoms with E-state index in [1.54, 1.807) is 0 Å². The van der Waals surface area contributed by atoms with Crippen LogP contribution in [0.2, 0.25) is 0 Å². The number of esters is 1. The Balaban J connectivity index is 0.000000637. The zero-order chi connectivity index (χ0) is 13.8. The van der Waals surface area contributed by atoms with Crippen molar-refractivity contribution in [3.63, 3.8) is 0 Å². The summed E-state index contributed by atoms with van der Waals surface area (Å²) in [5.41, 5.74) is 1.93. The quantitative estimate of drug-likeness (QED) is 0.757. The van der Waals surface area contributed by atoms with Crippen molar-refractivity contribution in [2.45, 2.75) is 19.9 Å². The van der Waals surface area contributed by atoms with Gasteiger partial charge in [-0.2, -0.15) is 0 Å². The van der Waals surface area contributed by atoms with Crippen LogP contribution < -0.4 is 10.6 Å². The molecule has 0 bridgehead atoms. The van der Waals surface area contributed by atoms with E-state index >= 15 is 0 Å². The number of hydrogen-bond donors (Lipinski definition) is 2. The highest BCUT2D eigenvalue weighted by Gasteiger charge is 2.37. The third-order valence-electron chi connectivity index (χ3n) is 2.85. The molecule has 2 amide bonds. The maximum Gasteiger partial charge on any atom is 0.338 e. The molecule has 2 aliphatic rings. The van der Waals surface area contributed by atoms with Gasteiger partial charge >= 0.3 is 12.0 Å². The SMILES string of the molecule is CC.O=C1NC2=C(C(=O)OC2)C(c2ccccc2)N1. The molecule has 2 N–H and O–H groups in total. The average Bonchev–Trinajstić information content (AvgIpc) is 2.82. The van der Waals surface area contributed by atoms with E-state index in [0.29, 0.717) is 11.3 Å². The standard InChI is InChI=1S/C12H10N2O3.C2H6/c15-11-9-8(6-17-11)13-12(16)14-10(9)7-4-2-1-3-5-7;1-2/h1-5,10H,6H2,(H2,13,14,16);1-2H3. The summed E-state index contributed by atoms with van der Waals surface area (Å²) in [6, 6.07) is 8.62. The van der Waals surface area contributed by atoms with Crippen molar-refractivity contribution in [1.29, 1.82) is 0 Å². The van der Waals surface area contributed by atoms with Crippen LogP contribution in [0.1, 0.15) is 25.5 Å². The third kappa shape index (κ3) is 2.45. The first-order valence-corrected chi connectivity index (χ1v) is 6.28. The molecule has 3 rings (SSSR count). The van der Waals surface area contributed by atoms with Crippen LogP contribution in [0.25, 0.3) is 0 Å². The summed E-state index contributed by atoms with van der Waals surface area (Å²) >= 11 is 0. The third-order valence-corrected chi connectivity index (χ3v) is 2.85. The highest BCUT2D eigenvalue weighted by molar-refractivity contribution is 5.97. The van der Waals surface area contributed by atoms with Crippen LogP contribution >= 0.6 is 0 Å². The lowest BCUT2D eigenvalue weighted by atomic mass is 9.96. The van der Waals surface area contributed by atoms with Gasteiger partial charge in [-0.3, -0.25) is 0 Å². The molecule has 100 valence electrons. The van der Waals surface area contributed by atoms with Crippen LogP contribution in [-0.4, -0.2) is 18.6 Å². The molecule has 1 aromatic rings. The minimum Gasteiger partial charge on any atom is -0.456 e. The second kappa shape index (κ2) is 5.56. The lowest BCUT2D eigenvalue weighted by Crippen LogP contribution is -2.44. The highest BCUT2D eigenvalue weighted by Crippen LogP contribution is 2.30. The molecule has 0 aliphatic carbocycles. The van der Waals surface area contributed by atoms with Crippen molar-refractivity contribution in [2.75, 3.05) is 6.61 Å². The van der Waals surface area contributed by atoms with Crippen molar-refractivity contribution in [2.24, 2.45) is 0 Å². The fourth-order valence-electron chi connectivity index (χ4n) is 2.08. The first-order valence-electron chi connectivity index (χ1n) is 6.28. The number of ether oxygens (including phenoxy) is 1. The summed E-state index contributed by atoms with van der Waals surface area (Å²) in [5, 5.41) is 5.32. The number of hydrogen-bond acceptors (Lipinski definition) is 3. The van der Waals surface area contributed by atoms with Crippen molar-refractivity contribution in [1.82, 2.24) is 10.6 Å². The van der Waals surface area contributed by atoms with Crippen molar-refractivity contribution < 1.29 is 14.3 Å². The summed E-state index contributed by atoms with van der Waals surface area (Å²) < 4.78 is 4.93. The second-order valence-corrected chi connectivity index (χ2v) is 3.91. The minimum atomic E-state index is -0.421. The van der Waals surface area contributed by atoms with Gasteiger partial charge in [0.2, 0.25) is 0 Å². The predicted molar refractivity (Wildman–Crippen MR) is 70.2 cm³/mol. The zero-order valence-electron chi connectivity index (χ0n) is 10.9. The van der Waals surface area contributed by atoms with E-state index in [4.69, 9.17) is 4.74 Å². The molecule has 2 aliphatic heterocycles. The Morgan fingerprint density at radius 3 is 2.53 bits per heavy atom. The van der Waals surface area contributed by atoms with Gasteiger partial charge in [0, 0.05) is 0 Å². The van der Waals surface area contributed by atoms with Gasteiger partial charge in [0.25, 0.3) is 0 Å². The normalized spacial score (nSPS) is 20.6. The molecule has 5 heteroatoms. The van der Waals surface area contributed by atoms with Crippen LogP contribution in [0, 0.1) is 0 Å². The Kier molecular flexibility index (Phi) is 3.85. The molecular weight excluding hydrogens is 244 g/mol. The van der Waals surface area contributed by atoms with Gasteiger partial charge in [0.05, 0.1) is 17.3 Å². The lowest BCUT2D eigenvalue weighted by molar-refractivity contribution is -0.136. The van der Waals surface area contributed by atoms with E-state index in [2.05, 4.69) is 10.6 Å². The number of carbonyl (C=O) groups excluding carboxylic acids is 2. The van der Waals surface area contributed by atoms with Gasteiger partial charge < -0.3 is 15.4 Å². The molecule has 1 aromatic carbocycles. The van der Waals surface area contributed by atoms with Gasteiger partial charge in [-0.05, 0) is 5.56 Å². The molecule has 0 saturated carbocycles. The van der Waals surface area contributed by atoms with Crippen molar-refractivity contribution >= 4 is 12.0 Å². The van der Waals surface area contributed by atoms with Gasteiger partial charge in [-0.1, -0.05) is 44.2 Å². The summed E-state index contributed by atoms with van der Waals surface area (Å²) in [5.74, 6) is -0.374. The van der Waals surface area contributed by atoms with Gasteiger partial charge in [0.1, 0.15) is 6.61 Å². The zero-order valence-corrected chi connectivity index (χ0v) is 10.9. The molecule has 1 atom stereocenters. The first kappa shape index (κ1) is 13.1. The number of rotatable bonds is 1. The monoisotopic (exact) mass is 260 g/mol. The summed E-state index contributed by atoms with van der Waals surface area (Å²) in [4.78, 5) is 23.1. The molecule has 1 unspecified atom stereocenters. The summed E-state index contributed by atoms with van der Waals surface area (Å²) in [6.45, 7) is 4.14. The number of benzene rings is 1. The number of nitrogens with one attached hydrogen (secondary N) is 2. The van der Waals surface area contributed by atoms with E-state index in [9.17, 15) is 9.59 Å². The van der Waals surface area contributed by atoms with E-state index < -0.39 is 6.04 Å². The predicted octanol–water partition coefficient (Wildman–Crippen LogP) is 1.88. The molecule has 19 heavy (non-hydrogen) atoms. The fourth-order valence-corrected chi connectivity index (χ4v) is 2.08. The second-order valence-electron chi connectivity index (χ2n) is 3.91. The van der Waals surface area contributed by atoms with E-state index in [0.717, 1.165) is 5.56 Å². The Labute approximate surface area is 111 Å². The molecule has 0 saturated heterocycles. The Morgan fingerprint density at radius 2 is 1.84 bits per heavy atom. The average molecular weight is 260 g/mol. The van der Waals surface area contributed by atoms with Crippen LogP contribution in [0.3, 0.4) is 0 Å². The molecule has 0 radical (unpaired) electrons. The van der Waals surface area contributed by atoms with Gasteiger partial charge in [-0.15, -0.1) is 0 Å². The molecule has 5 nitrogen and oxygen atoms in total. The van der Waals surface area contributed by atoms with Crippen molar-refractivity contribution in [3.05, 3.63) is 47.2 Å².